The average molecular weight is 363 g/mol. The second kappa shape index (κ2) is 6.79. The Bertz CT molecular complexity index is 969. The molecule has 1 aliphatic rings. The van der Waals surface area contributed by atoms with Crippen molar-refractivity contribution in [3.63, 3.8) is 0 Å². The summed E-state index contributed by atoms with van der Waals surface area (Å²) in [6.45, 7) is 4.57. The largest absolute Gasteiger partial charge is 0.449 e. The van der Waals surface area contributed by atoms with Crippen LogP contribution in [0.1, 0.15) is 36.2 Å². The third-order valence-corrected chi connectivity index (χ3v) is 4.61. The van der Waals surface area contributed by atoms with Crippen molar-refractivity contribution in [3.05, 3.63) is 72.3 Å². The molecule has 0 saturated heterocycles. The Kier molecular flexibility index (Phi) is 4.32. The minimum atomic E-state index is -0.646. The molecule has 1 N–H and O–H groups in total. The molecule has 1 aliphatic heterocycles. The van der Waals surface area contributed by atoms with E-state index in [4.69, 9.17) is 9.47 Å². The number of imidazole rings is 1. The third kappa shape index (κ3) is 3.65. The van der Waals surface area contributed by atoms with Crippen LogP contribution in [-0.2, 0) is 6.54 Å². The van der Waals surface area contributed by atoms with Crippen molar-refractivity contribution in [1.29, 1.82) is 0 Å². The number of ether oxygens (including phenoxy) is 2. The Hall–Kier alpha value is -3.28. The summed E-state index contributed by atoms with van der Waals surface area (Å²) in [6.07, 6.45) is 6.11. The quantitative estimate of drug-likeness (QED) is 0.742. The average Bonchev–Trinajstić information content (AvgIpc) is 3.29. The normalized spacial score (nSPS) is 17.7. The van der Waals surface area contributed by atoms with E-state index in [1.54, 1.807) is 24.7 Å². The first-order chi connectivity index (χ1) is 13.0. The molecule has 0 fully saturated rings. The Balaban J connectivity index is 1.48. The molecule has 0 aliphatic carbocycles. The summed E-state index contributed by atoms with van der Waals surface area (Å²) in [5, 5.41) is 2.93. The molecule has 0 bridgehead atoms. The second-order valence-electron chi connectivity index (χ2n) is 6.74. The second-order valence-corrected chi connectivity index (χ2v) is 6.74. The molecule has 3 aromatic rings. The van der Waals surface area contributed by atoms with Crippen molar-refractivity contribution in [2.75, 3.05) is 5.32 Å². The lowest BCUT2D eigenvalue weighted by molar-refractivity contribution is -0.0640. The molecule has 1 amide bonds. The minimum Gasteiger partial charge on any atom is -0.449 e. The van der Waals surface area contributed by atoms with Crippen LogP contribution < -0.4 is 14.8 Å². The monoisotopic (exact) mass is 363 g/mol. The van der Waals surface area contributed by atoms with Crippen molar-refractivity contribution < 1.29 is 14.3 Å². The van der Waals surface area contributed by atoms with Crippen molar-refractivity contribution in [2.24, 2.45) is 0 Å². The maximum Gasteiger partial charge on any atom is 0.255 e. The van der Waals surface area contributed by atoms with Crippen LogP contribution in [0.5, 0.6) is 11.5 Å². The van der Waals surface area contributed by atoms with Gasteiger partial charge in [-0.2, -0.15) is 0 Å². The minimum absolute atomic E-state index is 0.167. The Labute approximate surface area is 157 Å². The highest BCUT2D eigenvalue weighted by atomic mass is 16.7. The van der Waals surface area contributed by atoms with Crippen LogP contribution in [-0.4, -0.2) is 21.2 Å². The molecule has 0 unspecified atom stereocenters. The van der Waals surface area contributed by atoms with Gasteiger partial charge in [-0.1, -0.05) is 19.1 Å². The van der Waals surface area contributed by atoms with Crippen LogP contribution in [0.3, 0.4) is 0 Å². The molecule has 0 saturated carbocycles. The Morgan fingerprint density at radius 2 is 2.04 bits per heavy atom. The van der Waals surface area contributed by atoms with Crippen molar-refractivity contribution in [1.82, 2.24) is 9.55 Å². The van der Waals surface area contributed by atoms with Gasteiger partial charge in [0.1, 0.15) is 0 Å². The van der Waals surface area contributed by atoms with E-state index in [0.29, 0.717) is 29.3 Å². The molecule has 1 aromatic heterocycles. The van der Waals surface area contributed by atoms with E-state index in [1.807, 2.05) is 54.9 Å². The summed E-state index contributed by atoms with van der Waals surface area (Å²) < 4.78 is 13.6. The molecule has 2 aromatic carbocycles. The first-order valence-electron chi connectivity index (χ1n) is 8.93. The summed E-state index contributed by atoms with van der Waals surface area (Å²) in [6, 6.07) is 13.0. The van der Waals surface area contributed by atoms with Crippen LogP contribution in [0.4, 0.5) is 5.69 Å². The van der Waals surface area contributed by atoms with E-state index in [1.165, 1.54) is 0 Å². The molecule has 6 nitrogen and oxygen atoms in total. The molecule has 1 atom stereocenters. The lowest BCUT2D eigenvalue weighted by Gasteiger charge is -2.20. The van der Waals surface area contributed by atoms with E-state index in [2.05, 4.69) is 10.3 Å². The van der Waals surface area contributed by atoms with E-state index >= 15 is 0 Å². The Morgan fingerprint density at radius 1 is 1.19 bits per heavy atom. The number of nitrogens with zero attached hydrogens (tertiary/aromatic N) is 2. The number of hydrogen-bond acceptors (Lipinski definition) is 4. The van der Waals surface area contributed by atoms with E-state index in [9.17, 15) is 4.79 Å². The number of fused-ring (bicyclic) bond motifs is 1. The maximum absolute atomic E-state index is 12.7. The van der Waals surface area contributed by atoms with Gasteiger partial charge in [0.15, 0.2) is 11.5 Å². The third-order valence-electron chi connectivity index (χ3n) is 4.61. The summed E-state index contributed by atoms with van der Waals surface area (Å²) in [4.78, 5) is 16.7. The van der Waals surface area contributed by atoms with Crippen LogP contribution in [0.2, 0.25) is 0 Å². The fraction of sp³-hybridized carbons (Fsp3) is 0.238. The molecule has 0 spiro atoms. The number of benzene rings is 2. The fourth-order valence-electron chi connectivity index (χ4n) is 2.99. The Morgan fingerprint density at radius 3 is 2.81 bits per heavy atom. The summed E-state index contributed by atoms with van der Waals surface area (Å²) in [5.74, 6) is 0.525. The molecule has 4 rings (SSSR count). The predicted molar refractivity (Wildman–Crippen MR) is 102 cm³/mol. The van der Waals surface area contributed by atoms with E-state index in [-0.39, 0.29) is 5.91 Å². The van der Waals surface area contributed by atoms with Gasteiger partial charge < -0.3 is 19.4 Å². The summed E-state index contributed by atoms with van der Waals surface area (Å²) in [7, 11) is 0. The van der Waals surface area contributed by atoms with Crippen LogP contribution in [0.25, 0.3) is 0 Å². The number of rotatable bonds is 5. The fourth-order valence-corrected chi connectivity index (χ4v) is 2.99. The first-order valence-corrected chi connectivity index (χ1v) is 8.93. The van der Waals surface area contributed by atoms with E-state index < -0.39 is 5.79 Å². The molecule has 27 heavy (non-hydrogen) atoms. The molecule has 138 valence electrons. The molecule has 0 radical (unpaired) electrons. The molecule has 6 heteroatoms. The van der Waals surface area contributed by atoms with Gasteiger partial charge in [0.2, 0.25) is 5.79 Å². The summed E-state index contributed by atoms with van der Waals surface area (Å²) in [5.41, 5.74) is 2.30. The molecular weight excluding hydrogens is 342 g/mol. The number of aromatic nitrogens is 2. The highest BCUT2D eigenvalue weighted by Gasteiger charge is 2.35. The lowest BCUT2D eigenvalue weighted by atomic mass is 10.1. The number of anilines is 1. The zero-order chi connectivity index (χ0) is 18.9. The SMILES string of the molecule is CC[C@@]1(C)Oc2ccc(NC(=O)c3cccc(Cn4ccnc4)c3)cc2O1. The number of nitrogens with one attached hydrogen (secondary N) is 1. The number of hydrogen-bond donors (Lipinski definition) is 1. The first kappa shape index (κ1) is 17.1. The molecular formula is C21H21N3O3. The van der Waals surface area contributed by atoms with Gasteiger partial charge in [-0.15, -0.1) is 0 Å². The van der Waals surface area contributed by atoms with Crippen LogP contribution in [0, 0.1) is 0 Å². The zero-order valence-corrected chi connectivity index (χ0v) is 15.3. The van der Waals surface area contributed by atoms with Gasteiger partial charge in [-0.3, -0.25) is 4.79 Å². The lowest BCUT2D eigenvalue weighted by Crippen LogP contribution is -2.33. The van der Waals surface area contributed by atoms with Gasteiger partial charge >= 0.3 is 0 Å². The number of carbonyl (C=O) groups is 1. The summed E-state index contributed by atoms with van der Waals surface area (Å²) >= 11 is 0. The highest BCUT2D eigenvalue weighted by Crippen LogP contribution is 2.42. The van der Waals surface area contributed by atoms with Gasteiger partial charge in [0.25, 0.3) is 5.91 Å². The smallest absolute Gasteiger partial charge is 0.255 e. The van der Waals surface area contributed by atoms with Crippen molar-refractivity contribution in [3.8, 4) is 11.5 Å². The maximum atomic E-state index is 12.7. The van der Waals surface area contributed by atoms with Gasteiger partial charge in [0, 0.05) is 49.6 Å². The van der Waals surface area contributed by atoms with Crippen molar-refractivity contribution >= 4 is 11.6 Å². The zero-order valence-electron chi connectivity index (χ0n) is 15.3. The topological polar surface area (TPSA) is 65.4 Å². The molecule has 2 heterocycles. The standard InChI is InChI=1S/C21H21N3O3/c1-3-21(2)26-18-8-7-17(12-19(18)27-21)23-20(25)16-6-4-5-15(11-16)13-24-10-9-22-14-24/h4-12,14H,3,13H2,1-2H3,(H,23,25)/t21-/m0/s1. The van der Waals surface area contributed by atoms with E-state index in [0.717, 1.165) is 12.0 Å². The van der Waals surface area contributed by atoms with Gasteiger partial charge in [-0.25, -0.2) is 4.98 Å². The van der Waals surface area contributed by atoms with Gasteiger partial charge in [-0.05, 0) is 29.8 Å². The van der Waals surface area contributed by atoms with Gasteiger partial charge in [0.05, 0.1) is 6.33 Å². The number of carbonyl (C=O) groups excluding carboxylic acids is 1. The highest BCUT2D eigenvalue weighted by molar-refractivity contribution is 6.04. The predicted octanol–water partition coefficient (Wildman–Crippen LogP) is 4.08. The van der Waals surface area contributed by atoms with Crippen LogP contribution in [0.15, 0.2) is 61.2 Å². The van der Waals surface area contributed by atoms with Crippen LogP contribution >= 0.6 is 0 Å². The van der Waals surface area contributed by atoms with Crippen molar-refractivity contribution in [2.45, 2.75) is 32.6 Å². The number of amides is 1.